The summed E-state index contributed by atoms with van der Waals surface area (Å²) < 4.78 is 10.3. The second-order valence-electron chi connectivity index (χ2n) is 4.00. The molecule has 1 aromatic carbocycles. The largest absolute Gasteiger partial charge is 0.481 e. The summed E-state index contributed by atoms with van der Waals surface area (Å²) in [5, 5.41) is 13.9. The number of nitro groups is 1. The van der Waals surface area contributed by atoms with Crippen LogP contribution in [0, 0.1) is 10.1 Å². The van der Waals surface area contributed by atoms with Crippen LogP contribution in [0.5, 0.6) is 11.8 Å². The fourth-order valence-electron chi connectivity index (χ4n) is 1.85. The Kier molecular flexibility index (Phi) is 4.50. The third kappa shape index (κ3) is 3.16. The highest BCUT2D eigenvalue weighted by Crippen LogP contribution is 2.27. The lowest BCUT2D eigenvalue weighted by molar-refractivity contribution is -0.384. The van der Waals surface area contributed by atoms with Crippen molar-refractivity contribution in [3.05, 3.63) is 46.3 Å². The molecule has 0 aliphatic carbocycles. The molecular formula is C13H14N4O4. The number of nitro benzene ring substituents is 1. The Bertz CT molecular complexity index is 626. The molecule has 0 aliphatic heterocycles. The highest BCUT2D eigenvalue weighted by molar-refractivity contribution is 5.61. The number of benzene rings is 1. The first-order chi connectivity index (χ1) is 10.2. The minimum absolute atomic E-state index is 0.00715. The first-order valence-electron chi connectivity index (χ1n) is 6.06. The van der Waals surface area contributed by atoms with Gasteiger partial charge in [-0.1, -0.05) is 12.1 Å². The number of hydrogen-bond donors (Lipinski definition) is 1. The molecule has 0 amide bonds. The molecule has 1 aromatic heterocycles. The van der Waals surface area contributed by atoms with E-state index in [2.05, 4.69) is 15.3 Å². The quantitative estimate of drug-likeness (QED) is 0.641. The summed E-state index contributed by atoms with van der Waals surface area (Å²) >= 11 is 0. The Morgan fingerprint density at radius 2 is 1.81 bits per heavy atom. The fraction of sp³-hybridized carbons (Fsp3) is 0.231. The Morgan fingerprint density at radius 1 is 1.19 bits per heavy atom. The van der Waals surface area contributed by atoms with Crippen LogP contribution < -0.4 is 14.8 Å². The maximum Gasteiger partial charge on any atom is 0.292 e. The molecule has 8 heteroatoms. The normalized spacial score (nSPS) is 10.0. The summed E-state index contributed by atoms with van der Waals surface area (Å²) in [6.07, 6.45) is 1.33. The Labute approximate surface area is 120 Å². The average molecular weight is 290 g/mol. The predicted octanol–water partition coefficient (Wildman–Crippen LogP) is 2.01. The third-order valence-corrected chi connectivity index (χ3v) is 2.81. The van der Waals surface area contributed by atoms with Crippen LogP contribution in [0.4, 0.5) is 11.4 Å². The van der Waals surface area contributed by atoms with Crippen LogP contribution in [-0.4, -0.2) is 29.1 Å². The van der Waals surface area contributed by atoms with E-state index in [0.29, 0.717) is 23.0 Å². The van der Waals surface area contributed by atoms with E-state index in [1.54, 1.807) is 18.2 Å². The fourth-order valence-corrected chi connectivity index (χ4v) is 1.85. The van der Waals surface area contributed by atoms with Gasteiger partial charge in [0.05, 0.1) is 31.3 Å². The summed E-state index contributed by atoms with van der Waals surface area (Å²) in [5.41, 5.74) is 0.975. The lowest BCUT2D eigenvalue weighted by Crippen LogP contribution is -2.07. The van der Waals surface area contributed by atoms with Gasteiger partial charge in [0.1, 0.15) is 12.0 Å². The van der Waals surface area contributed by atoms with Gasteiger partial charge < -0.3 is 14.8 Å². The Morgan fingerprint density at radius 3 is 2.38 bits per heavy atom. The van der Waals surface area contributed by atoms with Gasteiger partial charge in [-0.2, -0.15) is 0 Å². The van der Waals surface area contributed by atoms with Gasteiger partial charge in [0.15, 0.2) is 0 Å². The summed E-state index contributed by atoms with van der Waals surface area (Å²) in [6, 6.07) is 6.38. The molecule has 0 radical (unpaired) electrons. The molecule has 1 heterocycles. The van der Waals surface area contributed by atoms with Crippen LogP contribution in [-0.2, 0) is 6.54 Å². The number of nitrogens with zero attached hydrogens (tertiary/aromatic N) is 3. The summed E-state index contributed by atoms with van der Waals surface area (Å²) in [6.45, 7) is 0.234. The van der Waals surface area contributed by atoms with Crippen LogP contribution in [0.15, 0.2) is 30.6 Å². The van der Waals surface area contributed by atoms with Crippen molar-refractivity contribution in [1.82, 2.24) is 9.97 Å². The van der Waals surface area contributed by atoms with E-state index in [1.807, 2.05) is 0 Å². The van der Waals surface area contributed by atoms with Gasteiger partial charge in [0.25, 0.3) is 5.69 Å². The molecule has 2 aromatic rings. The highest BCUT2D eigenvalue weighted by atomic mass is 16.6. The van der Waals surface area contributed by atoms with Gasteiger partial charge >= 0.3 is 0 Å². The van der Waals surface area contributed by atoms with E-state index in [9.17, 15) is 10.1 Å². The van der Waals surface area contributed by atoms with Crippen molar-refractivity contribution in [2.45, 2.75) is 6.54 Å². The van der Waals surface area contributed by atoms with Gasteiger partial charge in [-0.3, -0.25) is 10.1 Å². The van der Waals surface area contributed by atoms with Crippen LogP contribution >= 0.6 is 0 Å². The van der Waals surface area contributed by atoms with Crippen LogP contribution in [0.1, 0.15) is 5.56 Å². The Hall–Kier alpha value is -2.90. The van der Waals surface area contributed by atoms with E-state index in [4.69, 9.17) is 9.47 Å². The lowest BCUT2D eigenvalue weighted by Gasteiger charge is -2.12. The molecular weight excluding hydrogens is 276 g/mol. The predicted molar refractivity (Wildman–Crippen MR) is 75.6 cm³/mol. The van der Waals surface area contributed by atoms with Crippen molar-refractivity contribution < 1.29 is 14.4 Å². The van der Waals surface area contributed by atoms with Gasteiger partial charge in [0.2, 0.25) is 11.8 Å². The first kappa shape index (κ1) is 14.5. The van der Waals surface area contributed by atoms with E-state index in [0.717, 1.165) is 0 Å². The molecule has 0 aliphatic rings. The zero-order valence-electron chi connectivity index (χ0n) is 11.6. The Balaban J connectivity index is 2.26. The number of rotatable bonds is 6. The second-order valence-corrected chi connectivity index (χ2v) is 4.00. The van der Waals surface area contributed by atoms with Gasteiger partial charge in [0, 0.05) is 6.07 Å². The minimum atomic E-state index is -0.446. The highest BCUT2D eigenvalue weighted by Gasteiger charge is 2.16. The molecule has 0 saturated heterocycles. The molecule has 0 saturated carbocycles. The molecule has 0 atom stereocenters. The van der Waals surface area contributed by atoms with Gasteiger partial charge in [-0.25, -0.2) is 9.97 Å². The van der Waals surface area contributed by atoms with Gasteiger partial charge in [-0.15, -0.1) is 0 Å². The second kappa shape index (κ2) is 6.51. The standard InChI is InChI=1S/C13H14N4O4/c1-20-12-9(13(21-2)16-8-15-12)7-14-10-5-3-4-6-11(10)17(18)19/h3-6,8,14H,7H2,1-2H3. The molecule has 110 valence electrons. The summed E-state index contributed by atoms with van der Waals surface area (Å²) in [4.78, 5) is 18.5. The summed E-state index contributed by atoms with van der Waals surface area (Å²) in [7, 11) is 2.96. The number of methoxy groups -OCH3 is 2. The zero-order chi connectivity index (χ0) is 15.2. The zero-order valence-corrected chi connectivity index (χ0v) is 11.6. The van der Waals surface area contributed by atoms with E-state index in [-0.39, 0.29) is 12.2 Å². The monoisotopic (exact) mass is 290 g/mol. The number of ether oxygens (including phenoxy) is 2. The average Bonchev–Trinajstić information content (AvgIpc) is 2.52. The molecule has 0 bridgehead atoms. The van der Waals surface area contributed by atoms with Gasteiger partial charge in [-0.05, 0) is 6.07 Å². The maximum absolute atomic E-state index is 11.0. The third-order valence-electron chi connectivity index (χ3n) is 2.81. The minimum Gasteiger partial charge on any atom is -0.481 e. The number of hydrogen-bond acceptors (Lipinski definition) is 7. The van der Waals surface area contributed by atoms with Crippen molar-refractivity contribution in [2.24, 2.45) is 0 Å². The summed E-state index contributed by atoms with van der Waals surface area (Å²) in [5.74, 6) is 0.709. The van der Waals surface area contributed by atoms with E-state index < -0.39 is 4.92 Å². The first-order valence-corrected chi connectivity index (χ1v) is 6.06. The molecule has 8 nitrogen and oxygen atoms in total. The molecule has 0 spiro atoms. The van der Waals surface area contributed by atoms with Crippen molar-refractivity contribution in [1.29, 1.82) is 0 Å². The maximum atomic E-state index is 11.0. The van der Waals surface area contributed by atoms with Crippen molar-refractivity contribution >= 4 is 11.4 Å². The van der Waals surface area contributed by atoms with Crippen LogP contribution in [0.2, 0.25) is 0 Å². The number of nitrogens with one attached hydrogen (secondary N) is 1. The topological polar surface area (TPSA) is 99.4 Å². The van der Waals surface area contributed by atoms with Crippen molar-refractivity contribution in [2.75, 3.05) is 19.5 Å². The molecule has 21 heavy (non-hydrogen) atoms. The molecule has 0 fully saturated rings. The van der Waals surface area contributed by atoms with Crippen molar-refractivity contribution in [3.8, 4) is 11.8 Å². The smallest absolute Gasteiger partial charge is 0.292 e. The molecule has 1 N–H and O–H groups in total. The van der Waals surface area contributed by atoms with E-state index in [1.165, 1.54) is 26.6 Å². The number of para-hydroxylation sites is 2. The SMILES string of the molecule is COc1ncnc(OC)c1CNc1ccccc1[N+](=O)[O-]. The van der Waals surface area contributed by atoms with Crippen molar-refractivity contribution in [3.63, 3.8) is 0 Å². The van der Waals surface area contributed by atoms with Crippen LogP contribution in [0.3, 0.4) is 0 Å². The molecule has 0 unspecified atom stereocenters. The van der Waals surface area contributed by atoms with Crippen LogP contribution in [0.25, 0.3) is 0 Å². The molecule has 2 rings (SSSR count). The number of aromatic nitrogens is 2. The lowest BCUT2D eigenvalue weighted by atomic mass is 10.2. The number of anilines is 1. The van der Waals surface area contributed by atoms with E-state index >= 15 is 0 Å².